The smallest absolute Gasteiger partial charge is 0.135 e. The Balaban J connectivity index is 1.49. The number of nitrogens with two attached hydrogens (primary N) is 1. The van der Waals surface area contributed by atoms with Gasteiger partial charge in [-0.25, -0.2) is 15.0 Å². The first kappa shape index (κ1) is 19.2. The molecular formula is C25H21N5OS. The van der Waals surface area contributed by atoms with E-state index in [0.29, 0.717) is 12.4 Å². The summed E-state index contributed by atoms with van der Waals surface area (Å²) in [6, 6.07) is 20.9. The van der Waals surface area contributed by atoms with Crippen LogP contribution in [-0.4, -0.2) is 26.1 Å². The summed E-state index contributed by atoms with van der Waals surface area (Å²) in [6.07, 6.45) is 4.36. The lowest BCUT2D eigenvalue weighted by atomic mass is 9.97. The summed E-state index contributed by atoms with van der Waals surface area (Å²) in [7, 11) is 0. The number of thiophene rings is 1. The van der Waals surface area contributed by atoms with Gasteiger partial charge in [-0.3, -0.25) is 0 Å². The maximum atomic E-state index is 6.20. The third kappa shape index (κ3) is 3.26. The van der Waals surface area contributed by atoms with Crippen molar-refractivity contribution in [1.82, 2.24) is 19.5 Å². The Morgan fingerprint density at radius 3 is 2.75 bits per heavy atom. The van der Waals surface area contributed by atoms with E-state index in [1.165, 1.54) is 17.5 Å². The maximum absolute atomic E-state index is 6.20. The number of ether oxygens (including phenoxy) is 1. The van der Waals surface area contributed by atoms with Gasteiger partial charge in [-0.15, -0.1) is 11.3 Å². The molecule has 0 radical (unpaired) electrons. The SMILES string of the molecule is Nc1ncnc2sc(-c3c(-c4ccccc4)ncn3CC3OCCc4ccccc43)cc12. The van der Waals surface area contributed by atoms with Gasteiger partial charge in [0.1, 0.15) is 23.1 Å². The van der Waals surface area contributed by atoms with E-state index in [1.54, 1.807) is 11.3 Å². The summed E-state index contributed by atoms with van der Waals surface area (Å²) in [5.41, 5.74) is 11.8. The van der Waals surface area contributed by atoms with Crippen molar-refractivity contribution in [3.05, 3.63) is 84.4 Å². The highest BCUT2D eigenvalue weighted by atomic mass is 32.1. The van der Waals surface area contributed by atoms with Gasteiger partial charge in [-0.05, 0) is 23.6 Å². The number of aromatic nitrogens is 4. The quantitative estimate of drug-likeness (QED) is 0.421. The number of fused-ring (bicyclic) bond motifs is 2. The average Bonchev–Trinajstić information content (AvgIpc) is 3.45. The van der Waals surface area contributed by atoms with Crippen molar-refractivity contribution >= 4 is 27.4 Å². The fourth-order valence-corrected chi connectivity index (χ4v) is 5.45. The van der Waals surface area contributed by atoms with E-state index in [4.69, 9.17) is 15.5 Å². The average molecular weight is 440 g/mol. The fourth-order valence-electron chi connectivity index (χ4n) is 4.38. The highest BCUT2D eigenvalue weighted by Gasteiger charge is 2.24. The van der Waals surface area contributed by atoms with Crippen molar-refractivity contribution in [3.8, 4) is 21.8 Å². The second-order valence-corrected chi connectivity index (χ2v) is 8.89. The monoisotopic (exact) mass is 439 g/mol. The summed E-state index contributed by atoms with van der Waals surface area (Å²) in [6.45, 7) is 1.41. The van der Waals surface area contributed by atoms with Crippen LogP contribution in [0.1, 0.15) is 17.2 Å². The number of benzene rings is 2. The number of nitrogens with zero attached hydrogens (tertiary/aromatic N) is 4. The third-order valence-electron chi connectivity index (χ3n) is 5.93. The molecule has 0 aliphatic carbocycles. The lowest BCUT2D eigenvalue weighted by molar-refractivity contribution is 0.0309. The van der Waals surface area contributed by atoms with Gasteiger partial charge in [0.05, 0.1) is 41.1 Å². The fraction of sp³-hybridized carbons (Fsp3) is 0.160. The van der Waals surface area contributed by atoms with E-state index in [2.05, 4.69) is 57.0 Å². The first-order valence-electron chi connectivity index (χ1n) is 10.6. The molecule has 6 nitrogen and oxygen atoms in total. The molecule has 0 bridgehead atoms. The minimum absolute atomic E-state index is 0.0178. The highest BCUT2D eigenvalue weighted by Crippen LogP contribution is 2.40. The Kier molecular flexibility index (Phi) is 4.70. The van der Waals surface area contributed by atoms with Crippen LogP contribution in [0.5, 0.6) is 0 Å². The number of anilines is 1. The van der Waals surface area contributed by atoms with E-state index < -0.39 is 0 Å². The van der Waals surface area contributed by atoms with Gasteiger partial charge in [-0.1, -0.05) is 54.6 Å². The molecule has 5 aromatic rings. The van der Waals surface area contributed by atoms with Gasteiger partial charge in [0.2, 0.25) is 0 Å². The highest BCUT2D eigenvalue weighted by molar-refractivity contribution is 7.21. The Morgan fingerprint density at radius 1 is 1.03 bits per heavy atom. The number of hydrogen-bond donors (Lipinski definition) is 1. The molecule has 2 N–H and O–H groups in total. The zero-order valence-electron chi connectivity index (χ0n) is 17.3. The molecule has 6 rings (SSSR count). The lowest BCUT2D eigenvalue weighted by Crippen LogP contribution is -2.20. The van der Waals surface area contributed by atoms with Gasteiger partial charge >= 0.3 is 0 Å². The second kappa shape index (κ2) is 7.85. The van der Waals surface area contributed by atoms with Crippen LogP contribution >= 0.6 is 11.3 Å². The maximum Gasteiger partial charge on any atom is 0.135 e. The van der Waals surface area contributed by atoms with Gasteiger partial charge < -0.3 is 15.0 Å². The topological polar surface area (TPSA) is 78.9 Å². The molecule has 0 saturated carbocycles. The molecule has 1 aliphatic heterocycles. The molecule has 2 aromatic carbocycles. The zero-order valence-corrected chi connectivity index (χ0v) is 18.1. The van der Waals surface area contributed by atoms with Crippen molar-refractivity contribution in [3.63, 3.8) is 0 Å². The van der Waals surface area contributed by atoms with E-state index in [-0.39, 0.29) is 6.10 Å². The molecule has 1 unspecified atom stereocenters. The van der Waals surface area contributed by atoms with Crippen molar-refractivity contribution in [2.75, 3.05) is 12.3 Å². The molecule has 158 valence electrons. The Morgan fingerprint density at radius 2 is 1.88 bits per heavy atom. The van der Waals surface area contributed by atoms with Crippen LogP contribution < -0.4 is 5.73 Å². The molecule has 0 amide bonds. The summed E-state index contributed by atoms with van der Waals surface area (Å²) in [5.74, 6) is 0.495. The van der Waals surface area contributed by atoms with Crippen molar-refractivity contribution in [1.29, 1.82) is 0 Å². The van der Waals surface area contributed by atoms with Crippen LogP contribution in [0.25, 0.3) is 32.0 Å². The van der Waals surface area contributed by atoms with Crippen LogP contribution in [0.3, 0.4) is 0 Å². The predicted molar refractivity (Wildman–Crippen MR) is 127 cm³/mol. The van der Waals surface area contributed by atoms with Crippen molar-refractivity contribution in [2.45, 2.75) is 19.1 Å². The van der Waals surface area contributed by atoms with E-state index in [1.807, 2.05) is 24.5 Å². The summed E-state index contributed by atoms with van der Waals surface area (Å²) < 4.78 is 8.40. The van der Waals surface area contributed by atoms with Gasteiger partial charge in [0.25, 0.3) is 0 Å². The summed E-state index contributed by atoms with van der Waals surface area (Å²) in [4.78, 5) is 15.3. The molecule has 3 aromatic heterocycles. The molecule has 1 aliphatic rings. The minimum Gasteiger partial charge on any atom is -0.383 e. The molecule has 4 heterocycles. The lowest BCUT2D eigenvalue weighted by Gasteiger charge is -2.27. The van der Waals surface area contributed by atoms with Gasteiger partial charge in [0, 0.05) is 5.56 Å². The van der Waals surface area contributed by atoms with Crippen molar-refractivity contribution < 1.29 is 4.74 Å². The molecular weight excluding hydrogens is 418 g/mol. The Bertz CT molecular complexity index is 1410. The van der Waals surface area contributed by atoms with Crippen LogP contribution in [0, 0.1) is 0 Å². The predicted octanol–water partition coefficient (Wildman–Crippen LogP) is 5.12. The number of imidazole rings is 1. The Hall–Kier alpha value is -3.55. The number of nitrogen functional groups attached to an aromatic ring is 1. The van der Waals surface area contributed by atoms with Crippen LogP contribution in [0.15, 0.2) is 73.3 Å². The van der Waals surface area contributed by atoms with Crippen molar-refractivity contribution in [2.24, 2.45) is 0 Å². The first-order valence-corrected chi connectivity index (χ1v) is 11.4. The first-order chi connectivity index (χ1) is 15.8. The van der Waals surface area contributed by atoms with Gasteiger partial charge in [0.15, 0.2) is 0 Å². The van der Waals surface area contributed by atoms with Crippen LogP contribution in [-0.2, 0) is 17.7 Å². The largest absolute Gasteiger partial charge is 0.383 e. The standard InChI is InChI=1S/C25H21N5OS/c26-24-19-12-21(32-25(19)28-14-27-24)23-22(17-7-2-1-3-8-17)29-15-30(23)13-20-18-9-5-4-6-16(18)10-11-31-20/h1-9,12,14-15,20H,10-11,13H2,(H2,26,27,28). The number of rotatable bonds is 4. The Labute approximate surface area is 189 Å². The molecule has 32 heavy (non-hydrogen) atoms. The van der Waals surface area contributed by atoms with Crippen LogP contribution in [0.2, 0.25) is 0 Å². The third-order valence-corrected chi connectivity index (χ3v) is 6.98. The summed E-state index contributed by atoms with van der Waals surface area (Å²) in [5, 5.41) is 0.874. The molecule has 7 heteroatoms. The van der Waals surface area contributed by atoms with Crippen LogP contribution in [0.4, 0.5) is 5.82 Å². The zero-order chi connectivity index (χ0) is 21.5. The molecule has 1 atom stereocenters. The van der Waals surface area contributed by atoms with E-state index >= 15 is 0 Å². The second-order valence-electron chi connectivity index (χ2n) is 7.86. The van der Waals surface area contributed by atoms with Gasteiger partial charge in [-0.2, -0.15) is 0 Å². The summed E-state index contributed by atoms with van der Waals surface area (Å²) >= 11 is 1.61. The molecule has 0 spiro atoms. The number of hydrogen-bond acceptors (Lipinski definition) is 6. The minimum atomic E-state index is -0.0178. The van der Waals surface area contributed by atoms with E-state index in [0.717, 1.165) is 45.1 Å². The molecule has 0 fully saturated rings. The van der Waals surface area contributed by atoms with E-state index in [9.17, 15) is 0 Å². The normalized spacial score (nSPS) is 15.7. The molecule has 0 saturated heterocycles.